The number of benzene rings is 3. The zero-order valence-corrected chi connectivity index (χ0v) is 25.1. The number of aromatic nitrogens is 4. The number of fused-ring (bicyclic) bond motifs is 1. The molecule has 4 heterocycles. The molecule has 5 aromatic rings. The highest BCUT2D eigenvalue weighted by atomic mass is 16.7. The number of ether oxygens (including phenoxy) is 2. The molecule has 1 amide bonds. The fourth-order valence-corrected chi connectivity index (χ4v) is 6.33. The second-order valence-corrected chi connectivity index (χ2v) is 11.7. The largest absolute Gasteiger partial charge is 0.366 e. The number of carbonyl (C=O) groups excluding carboxylic acids is 1. The molecular weight excluding hydrogens is 570 g/mol. The average molecular weight is 606 g/mol. The number of anilines is 3. The molecule has 0 aliphatic carbocycles. The normalized spacial score (nSPS) is 20.6. The maximum absolute atomic E-state index is 12.9. The smallest absolute Gasteiger partial charge is 0.256 e. The molecule has 2 N–H and O–H groups in total. The van der Waals surface area contributed by atoms with Gasteiger partial charge < -0.3 is 29.7 Å². The molecule has 0 spiro atoms. The van der Waals surface area contributed by atoms with E-state index in [1.165, 1.54) is 6.33 Å². The van der Waals surface area contributed by atoms with Crippen LogP contribution in [0.4, 0.5) is 17.2 Å². The van der Waals surface area contributed by atoms with E-state index in [4.69, 9.17) is 9.47 Å². The van der Waals surface area contributed by atoms with E-state index in [9.17, 15) is 9.90 Å². The third-order valence-electron chi connectivity index (χ3n) is 8.17. The van der Waals surface area contributed by atoms with Crippen LogP contribution in [0.2, 0.25) is 0 Å². The highest BCUT2D eigenvalue weighted by Gasteiger charge is 2.48. The van der Waals surface area contributed by atoms with Crippen molar-refractivity contribution in [1.82, 2.24) is 19.5 Å². The number of aliphatic hydroxyl groups is 1. The van der Waals surface area contributed by atoms with Gasteiger partial charge in [-0.25, -0.2) is 15.0 Å². The van der Waals surface area contributed by atoms with Crippen molar-refractivity contribution in [2.75, 3.05) is 28.2 Å². The molecule has 2 unspecified atom stereocenters. The molecule has 45 heavy (non-hydrogen) atoms. The number of nitrogens with zero attached hydrogens (tertiary/aromatic N) is 6. The predicted octanol–water partition coefficient (Wildman–Crippen LogP) is 4.83. The fourth-order valence-electron chi connectivity index (χ4n) is 6.33. The third kappa shape index (κ3) is 5.85. The van der Waals surface area contributed by atoms with Crippen molar-refractivity contribution >= 4 is 34.3 Å². The van der Waals surface area contributed by atoms with Crippen LogP contribution in [-0.4, -0.2) is 67.8 Å². The summed E-state index contributed by atoms with van der Waals surface area (Å²) in [6, 6.07) is 29.6. The summed E-state index contributed by atoms with van der Waals surface area (Å²) < 4.78 is 15.0. The van der Waals surface area contributed by atoms with Crippen LogP contribution < -0.4 is 15.1 Å². The molecule has 0 bridgehead atoms. The molecule has 2 aliphatic heterocycles. The Balaban J connectivity index is 1.24. The molecule has 230 valence electrons. The zero-order valence-electron chi connectivity index (χ0n) is 25.1. The summed E-state index contributed by atoms with van der Waals surface area (Å²) in [5, 5.41) is 13.6. The van der Waals surface area contributed by atoms with Crippen LogP contribution in [0.5, 0.6) is 0 Å². The van der Waals surface area contributed by atoms with E-state index in [0.29, 0.717) is 29.0 Å². The lowest BCUT2D eigenvalue weighted by molar-refractivity contribution is -0.222. The predicted molar refractivity (Wildman–Crippen MR) is 171 cm³/mol. The first kappa shape index (κ1) is 28.9. The lowest BCUT2D eigenvalue weighted by Gasteiger charge is -2.36. The summed E-state index contributed by atoms with van der Waals surface area (Å²) in [6.07, 6.45) is 1.90. The molecule has 7 rings (SSSR count). The van der Waals surface area contributed by atoms with Crippen LogP contribution >= 0.6 is 0 Å². The topological polar surface area (TPSA) is 118 Å². The number of hydrogen-bond donors (Lipinski definition) is 2. The van der Waals surface area contributed by atoms with Crippen molar-refractivity contribution in [1.29, 1.82) is 0 Å². The number of rotatable bonds is 8. The molecule has 3 aromatic carbocycles. The van der Waals surface area contributed by atoms with Gasteiger partial charge in [0.05, 0.1) is 6.33 Å². The van der Waals surface area contributed by atoms with Crippen molar-refractivity contribution in [3.63, 3.8) is 0 Å². The molecule has 2 aliphatic rings. The van der Waals surface area contributed by atoms with Crippen LogP contribution in [-0.2, 0) is 9.47 Å². The maximum atomic E-state index is 12.9. The van der Waals surface area contributed by atoms with Gasteiger partial charge in [0.15, 0.2) is 29.0 Å². The number of carbonyl (C=O) groups is 1. The highest BCUT2D eigenvalue weighted by Crippen LogP contribution is 2.41. The number of hydrogen-bond acceptors (Lipinski definition) is 9. The van der Waals surface area contributed by atoms with Gasteiger partial charge >= 0.3 is 0 Å². The monoisotopic (exact) mass is 605 g/mol. The van der Waals surface area contributed by atoms with Gasteiger partial charge in [0.25, 0.3) is 5.91 Å². The van der Waals surface area contributed by atoms with Gasteiger partial charge in [-0.1, -0.05) is 54.6 Å². The van der Waals surface area contributed by atoms with Gasteiger partial charge in [-0.15, -0.1) is 0 Å². The van der Waals surface area contributed by atoms with E-state index < -0.39 is 18.1 Å². The fraction of sp³-hybridized carbons (Fsp3) is 0.294. The van der Waals surface area contributed by atoms with E-state index in [-0.39, 0.29) is 18.2 Å². The van der Waals surface area contributed by atoms with Gasteiger partial charge in [-0.2, -0.15) is 0 Å². The summed E-state index contributed by atoms with van der Waals surface area (Å²) in [5.74, 6) is -1.41. The average Bonchev–Trinajstić information content (AvgIpc) is 3.79. The van der Waals surface area contributed by atoms with Crippen molar-refractivity contribution < 1.29 is 19.4 Å². The van der Waals surface area contributed by atoms with Gasteiger partial charge in [0.2, 0.25) is 0 Å². The first-order valence-corrected chi connectivity index (χ1v) is 15.1. The summed E-state index contributed by atoms with van der Waals surface area (Å²) in [5.41, 5.74) is 3.62. The number of nitrogens with one attached hydrogen (secondary N) is 1. The summed E-state index contributed by atoms with van der Waals surface area (Å²) in [6.45, 7) is 4.86. The third-order valence-corrected chi connectivity index (χ3v) is 8.17. The molecular formula is C34H35N7O4. The van der Waals surface area contributed by atoms with E-state index in [0.717, 1.165) is 24.5 Å². The van der Waals surface area contributed by atoms with Crippen molar-refractivity contribution in [2.24, 2.45) is 0 Å². The SMILES string of the molecule is CC(C)(O)O[C@@H]1CC(C2N(c3ccccc3)CCN2c2ccccc2)OC1n1cnc2c(NC(=O)c3ccccc3)ncnc21. The summed E-state index contributed by atoms with van der Waals surface area (Å²) >= 11 is 0. The van der Waals surface area contributed by atoms with Crippen LogP contribution in [0.3, 0.4) is 0 Å². The van der Waals surface area contributed by atoms with Crippen molar-refractivity contribution in [2.45, 2.75) is 50.7 Å². The Morgan fingerprint density at radius 1 is 0.889 bits per heavy atom. The van der Waals surface area contributed by atoms with E-state index in [1.807, 2.05) is 42.5 Å². The van der Waals surface area contributed by atoms with Gasteiger partial charge in [-0.3, -0.25) is 9.36 Å². The second kappa shape index (κ2) is 11.9. The minimum absolute atomic E-state index is 0.141. The quantitative estimate of drug-likeness (QED) is 0.240. The van der Waals surface area contributed by atoms with Gasteiger partial charge in [0.1, 0.15) is 24.7 Å². The number of imidazole rings is 1. The standard InChI is InChI=1S/C34H35N7O4/c1-34(2,43)45-27-20-26(32-39(24-14-8-4-9-15-24)18-19-40(32)25-16-10-5-11-17-25)44-33(27)41-22-37-28-29(35-21-36-30(28)41)38-31(42)23-12-6-3-7-13-23/h3-17,21-22,26-27,32-33,43H,18-20H2,1-2H3,(H,35,36,38,42)/t26?,27-,33?/m1/s1. The summed E-state index contributed by atoms with van der Waals surface area (Å²) in [7, 11) is 0. The minimum Gasteiger partial charge on any atom is -0.366 e. The Kier molecular flexibility index (Phi) is 7.66. The van der Waals surface area contributed by atoms with Gasteiger partial charge in [0, 0.05) is 36.4 Å². The van der Waals surface area contributed by atoms with Crippen LogP contribution in [0, 0.1) is 0 Å². The Labute approximate surface area is 261 Å². The Morgan fingerprint density at radius 3 is 2.09 bits per heavy atom. The molecule has 11 nitrogen and oxygen atoms in total. The van der Waals surface area contributed by atoms with Crippen LogP contribution in [0.15, 0.2) is 104 Å². The second-order valence-electron chi connectivity index (χ2n) is 11.7. The Bertz CT molecular complexity index is 1710. The maximum Gasteiger partial charge on any atom is 0.256 e. The van der Waals surface area contributed by atoms with E-state index in [1.54, 1.807) is 49.0 Å². The zero-order chi connectivity index (χ0) is 31.0. The molecule has 2 fully saturated rings. The first-order chi connectivity index (χ1) is 21.9. The molecule has 2 aromatic heterocycles. The number of amides is 1. The Morgan fingerprint density at radius 2 is 1.49 bits per heavy atom. The lowest BCUT2D eigenvalue weighted by atomic mass is 10.1. The minimum atomic E-state index is -1.41. The highest BCUT2D eigenvalue weighted by molar-refractivity contribution is 6.06. The Hall–Kier alpha value is -4.84. The van der Waals surface area contributed by atoms with E-state index >= 15 is 0 Å². The first-order valence-electron chi connectivity index (χ1n) is 15.1. The van der Waals surface area contributed by atoms with Crippen LogP contribution in [0.1, 0.15) is 36.9 Å². The summed E-state index contributed by atoms with van der Waals surface area (Å²) in [4.78, 5) is 31.1. The molecule has 2 saturated heterocycles. The van der Waals surface area contributed by atoms with Gasteiger partial charge in [-0.05, 0) is 50.2 Å². The van der Waals surface area contributed by atoms with Crippen molar-refractivity contribution in [3.05, 3.63) is 109 Å². The molecule has 0 radical (unpaired) electrons. The van der Waals surface area contributed by atoms with E-state index in [2.05, 4.69) is 54.3 Å². The molecule has 11 heteroatoms. The van der Waals surface area contributed by atoms with Crippen molar-refractivity contribution in [3.8, 4) is 0 Å². The lowest BCUT2D eigenvalue weighted by Crippen LogP contribution is -2.48. The van der Waals surface area contributed by atoms with Crippen LogP contribution in [0.25, 0.3) is 11.2 Å². The molecule has 0 saturated carbocycles. The molecule has 3 atom stereocenters. The number of para-hydroxylation sites is 2.